The first-order valence-corrected chi connectivity index (χ1v) is 5.32. The molecule has 84 valence electrons. The molecule has 1 heterocycles. The molecule has 3 N–H and O–H groups in total. The first-order chi connectivity index (χ1) is 7.25. The number of hydrogen-bond acceptors (Lipinski definition) is 3. The molecule has 1 aromatic carbocycles. The van der Waals surface area contributed by atoms with Crippen molar-refractivity contribution in [2.45, 2.75) is 0 Å². The van der Waals surface area contributed by atoms with E-state index in [1.807, 2.05) is 17.5 Å². The van der Waals surface area contributed by atoms with Crippen molar-refractivity contribution >= 4 is 46.8 Å². The highest BCUT2D eigenvalue weighted by Crippen LogP contribution is 2.16. The molecule has 3 nitrogen and oxygen atoms in total. The van der Waals surface area contributed by atoms with Gasteiger partial charge in [0.05, 0.1) is 4.88 Å². The van der Waals surface area contributed by atoms with Crippen LogP contribution in [0.5, 0.6) is 5.75 Å². The van der Waals surface area contributed by atoms with E-state index in [0.717, 1.165) is 10.6 Å². The van der Waals surface area contributed by atoms with Crippen molar-refractivity contribution in [2.75, 3.05) is 5.32 Å². The molecule has 0 fully saturated rings. The predicted octanol–water partition coefficient (Wildman–Crippen LogP) is 3.51. The number of anilines is 1. The fourth-order valence-corrected chi connectivity index (χ4v) is 1.80. The van der Waals surface area contributed by atoms with Crippen molar-refractivity contribution in [1.82, 2.24) is 0 Å². The molecule has 2 aromatic rings. The van der Waals surface area contributed by atoms with Gasteiger partial charge in [-0.05, 0) is 35.7 Å². The zero-order valence-corrected chi connectivity index (χ0v) is 11.5. The molecule has 2 rings (SSSR count). The molecule has 0 radical (unpaired) electrons. The number of halogens is 1. The van der Waals surface area contributed by atoms with Crippen LogP contribution < -0.4 is 5.32 Å². The largest absolute Gasteiger partial charge is 0.508 e. The van der Waals surface area contributed by atoms with Crippen molar-refractivity contribution in [2.24, 2.45) is 0 Å². The molecule has 0 spiro atoms. The van der Waals surface area contributed by atoms with Gasteiger partial charge in [0.15, 0.2) is 0 Å². The molecule has 0 amide bonds. The SMILES string of the molecule is I.N=C(Nc1ccc(O)cc1)c1cccs1. The molecule has 16 heavy (non-hydrogen) atoms. The number of hydrogen-bond donors (Lipinski definition) is 3. The molecule has 0 aliphatic heterocycles. The van der Waals surface area contributed by atoms with Gasteiger partial charge in [0.25, 0.3) is 0 Å². The molecule has 5 heteroatoms. The fourth-order valence-electron chi connectivity index (χ4n) is 1.17. The van der Waals surface area contributed by atoms with Crippen LogP contribution in [0.15, 0.2) is 41.8 Å². The van der Waals surface area contributed by atoms with Gasteiger partial charge in [-0.3, -0.25) is 5.41 Å². The molecule has 0 aliphatic rings. The summed E-state index contributed by atoms with van der Waals surface area (Å²) in [5.74, 6) is 0.596. The average Bonchev–Trinajstić information content (AvgIpc) is 2.74. The summed E-state index contributed by atoms with van der Waals surface area (Å²) in [5, 5.41) is 21.8. The van der Waals surface area contributed by atoms with Crippen LogP contribution in [-0.4, -0.2) is 10.9 Å². The van der Waals surface area contributed by atoms with E-state index in [1.165, 1.54) is 11.3 Å². The Hall–Kier alpha value is -1.08. The second kappa shape index (κ2) is 5.86. The van der Waals surface area contributed by atoms with Gasteiger partial charge < -0.3 is 10.4 Å². The Kier molecular flexibility index (Phi) is 4.75. The van der Waals surface area contributed by atoms with E-state index in [1.54, 1.807) is 24.3 Å². The highest BCUT2D eigenvalue weighted by atomic mass is 127. The quantitative estimate of drug-likeness (QED) is 0.337. The minimum atomic E-state index is 0. The Labute approximate surface area is 115 Å². The molecular weight excluding hydrogens is 335 g/mol. The summed E-state index contributed by atoms with van der Waals surface area (Å²) in [4.78, 5) is 0.892. The fraction of sp³-hybridized carbons (Fsp3) is 0. The summed E-state index contributed by atoms with van der Waals surface area (Å²) >= 11 is 1.52. The number of amidine groups is 1. The van der Waals surface area contributed by atoms with Gasteiger partial charge in [-0.25, -0.2) is 0 Å². The van der Waals surface area contributed by atoms with Crippen molar-refractivity contribution in [3.05, 3.63) is 46.7 Å². The van der Waals surface area contributed by atoms with Crippen LogP contribution in [0.2, 0.25) is 0 Å². The van der Waals surface area contributed by atoms with Gasteiger partial charge in [-0.1, -0.05) is 6.07 Å². The third-order valence-corrected chi connectivity index (χ3v) is 2.79. The molecule has 0 saturated carbocycles. The zero-order chi connectivity index (χ0) is 10.7. The molecule has 0 bridgehead atoms. The van der Waals surface area contributed by atoms with E-state index >= 15 is 0 Å². The summed E-state index contributed by atoms with van der Waals surface area (Å²) < 4.78 is 0. The number of nitrogens with one attached hydrogen (secondary N) is 2. The molecule has 0 unspecified atom stereocenters. The maximum absolute atomic E-state index is 9.10. The third kappa shape index (κ3) is 3.21. The average molecular weight is 346 g/mol. The molecule has 0 saturated heterocycles. The van der Waals surface area contributed by atoms with Crippen LogP contribution in [0.3, 0.4) is 0 Å². The summed E-state index contributed by atoms with van der Waals surface area (Å²) in [7, 11) is 0. The summed E-state index contributed by atoms with van der Waals surface area (Å²) in [5.41, 5.74) is 0.797. The van der Waals surface area contributed by atoms with Crippen molar-refractivity contribution in [3.8, 4) is 5.75 Å². The van der Waals surface area contributed by atoms with E-state index in [-0.39, 0.29) is 29.7 Å². The lowest BCUT2D eigenvalue weighted by Gasteiger charge is -2.05. The first-order valence-electron chi connectivity index (χ1n) is 4.44. The normalized spacial score (nSPS) is 9.25. The summed E-state index contributed by atoms with van der Waals surface area (Å²) in [6, 6.07) is 10.4. The van der Waals surface area contributed by atoms with Crippen LogP contribution in [-0.2, 0) is 0 Å². The Morgan fingerprint density at radius 2 is 1.88 bits per heavy atom. The first kappa shape index (κ1) is 13.0. The van der Waals surface area contributed by atoms with E-state index in [4.69, 9.17) is 10.5 Å². The predicted molar refractivity (Wildman–Crippen MR) is 78.3 cm³/mol. The highest BCUT2D eigenvalue weighted by Gasteiger charge is 2.01. The smallest absolute Gasteiger partial charge is 0.140 e. The minimum absolute atomic E-state index is 0. The van der Waals surface area contributed by atoms with E-state index in [0.29, 0.717) is 5.84 Å². The van der Waals surface area contributed by atoms with Crippen molar-refractivity contribution < 1.29 is 5.11 Å². The lowest BCUT2D eigenvalue weighted by atomic mass is 10.3. The van der Waals surface area contributed by atoms with E-state index in [9.17, 15) is 0 Å². The maximum Gasteiger partial charge on any atom is 0.140 e. The number of benzene rings is 1. The van der Waals surface area contributed by atoms with Gasteiger partial charge in [0.2, 0.25) is 0 Å². The molecule has 0 atom stereocenters. The lowest BCUT2D eigenvalue weighted by Crippen LogP contribution is -2.09. The second-order valence-corrected chi connectivity index (χ2v) is 3.97. The minimum Gasteiger partial charge on any atom is -0.508 e. The molecule has 0 aliphatic carbocycles. The monoisotopic (exact) mass is 346 g/mol. The van der Waals surface area contributed by atoms with Crippen LogP contribution in [0, 0.1) is 5.41 Å². The highest BCUT2D eigenvalue weighted by molar-refractivity contribution is 14.0. The van der Waals surface area contributed by atoms with E-state index < -0.39 is 0 Å². The summed E-state index contributed by atoms with van der Waals surface area (Å²) in [6.07, 6.45) is 0. The van der Waals surface area contributed by atoms with Crippen LogP contribution >= 0.6 is 35.3 Å². The van der Waals surface area contributed by atoms with Crippen molar-refractivity contribution in [1.29, 1.82) is 5.41 Å². The van der Waals surface area contributed by atoms with Crippen molar-refractivity contribution in [3.63, 3.8) is 0 Å². The van der Waals surface area contributed by atoms with E-state index in [2.05, 4.69) is 5.32 Å². The Morgan fingerprint density at radius 1 is 1.19 bits per heavy atom. The number of thiophene rings is 1. The molecular formula is C11H11IN2OS. The number of rotatable bonds is 2. The topological polar surface area (TPSA) is 56.1 Å². The van der Waals surface area contributed by atoms with Gasteiger partial charge in [0.1, 0.15) is 11.6 Å². The van der Waals surface area contributed by atoms with Crippen LogP contribution in [0.4, 0.5) is 5.69 Å². The Balaban J connectivity index is 0.00000128. The van der Waals surface area contributed by atoms with Crippen LogP contribution in [0.1, 0.15) is 4.88 Å². The summed E-state index contributed by atoms with van der Waals surface area (Å²) in [6.45, 7) is 0. The van der Waals surface area contributed by atoms with Gasteiger partial charge in [-0.2, -0.15) is 0 Å². The molecule has 1 aromatic heterocycles. The number of aromatic hydroxyl groups is 1. The maximum atomic E-state index is 9.10. The second-order valence-electron chi connectivity index (χ2n) is 3.02. The lowest BCUT2D eigenvalue weighted by molar-refractivity contribution is 0.475. The standard InChI is InChI=1S/C11H10N2OS.HI/c12-11(10-2-1-7-15-10)13-8-3-5-9(14)6-4-8;/h1-7,14H,(H2,12,13);1H. The zero-order valence-electron chi connectivity index (χ0n) is 8.31. The Bertz CT molecular complexity index is 453. The van der Waals surface area contributed by atoms with Gasteiger partial charge >= 0.3 is 0 Å². The number of phenols is 1. The number of phenolic OH excluding ortho intramolecular Hbond substituents is 1. The van der Waals surface area contributed by atoms with Gasteiger partial charge in [-0.15, -0.1) is 35.3 Å². The van der Waals surface area contributed by atoms with Gasteiger partial charge in [0, 0.05) is 5.69 Å². The Morgan fingerprint density at radius 3 is 2.44 bits per heavy atom. The van der Waals surface area contributed by atoms with Crippen LogP contribution in [0.25, 0.3) is 0 Å². The third-order valence-electron chi connectivity index (χ3n) is 1.90.